The second-order valence-electron chi connectivity index (χ2n) is 5.17. The Kier molecular flexibility index (Phi) is 4.07. The average molecular weight is 350 g/mol. The summed E-state index contributed by atoms with van der Waals surface area (Å²) >= 11 is 6.00. The van der Waals surface area contributed by atoms with Crippen LogP contribution in [0.25, 0.3) is 10.9 Å². The van der Waals surface area contributed by atoms with Crippen LogP contribution in [0.15, 0.2) is 47.4 Å². The molecule has 0 spiro atoms. The maximum absolute atomic E-state index is 14.0. The number of pyridine rings is 1. The number of benzene rings is 2. The van der Waals surface area contributed by atoms with Gasteiger partial charge in [0.2, 0.25) is 5.43 Å². The first-order valence-electron chi connectivity index (χ1n) is 6.87. The highest BCUT2D eigenvalue weighted by molar-refractivity contribution is 6.31. The molecule has 0 aliphatic heterocycles. The second kappa shape index (κ2) is 6.05. The lowest BCUT2D eigenvalue weighted by molar-refractivity contribution is 0.0695. The summed E-state index contributed by atoms with van der Waals surface area (Å²) in [4.78, 5) is 23.5. The van der Waals surface area contributed by atoms with Gasteiger partial charge in [-0.25, -0.2) is 13.6 Å². The van der Waals surface area contributed by atoms with Gasteiger partial charge >= 0.3 is 5.97 Å². The number of rotatable bonds is 3. The summed E-state index contributed by atoms with van der Waals surface area (Å²) in [7, 11) is 0. The Bertz CT molecular complexity index is 1010. The smallest absolute Gasteiger partial charge is 0.341 e. The van der Waals surface area contributed by atoms with Gasteiger partial charge in [-0.3, -0.25) is 4.79 Å². The zero-order valence-electron chi connectivity index (χ0n) is 12.1. The molecule has 1 aromatic heterocycles. The molecule has 0 fully saturated rings. The Morgan fingerprint density at radius 3 is 2.62 bits per heavy atom. The number of aromatic carboxylic acids is 1. The van der Waals surface area contributed by atoms with E-state index in [1.54, 1.807) is 0 Å². The van der Waals surface area contributed by atoms with Gasteiger partial charge in [0, 0.05) is 22.2 Å². The van der Waals surface area contributed by atoms with Gasteiger partial charge in [-0.15, -0.1) is 0 Å². The van der Waals surface area contributed by atoms with E-state index in [2.05, 4.69) is 0 Å². The fraction of sp³-hybridized carbons (Fsp3) is 0.0588. The number of carboxylic acid groups (broad SMARTS) is 1. The maximum atomic E-state index is 14.0. The van der Waals surface area contributed by atoms with Crippen molar-refractivity contribution in [3.63, 3.8) is 0 Å². The molecule has 0 atom stereocenters. The standard InChI is InChI=1S/C17H10ClF2NO3/c18-13-2-1-3-14(20)11(13)7-21-8-12(17(23)24)16(22)10-6-9(19)4-5-15(10)21/h1-6,8H,7H2,(H,23,24). The van der Waals surface area contributed by atoms with Crippen molar-refractivity contribution in [2.24, 2.45) is 0 Å². The molecular formula is C17H10ClF2NO3. The fourth-order valence-electron chi connectivity index (χ4n) is 2.51. The molecule has 3 aromatic rings. The minimum Gasteiger partial charge on any atom is -0.477 e. The van der Waals surface area contributed by atoms with E-state index in [9.17, 15) is 23.5 Å². The Balaban J connectivity index is 2.29. The third-order valence-corrected chi connectivity index (χ3v) is 4.02. The molecule has 0 amide bonds. The van der Waals surface area contributed by atoms with Crippen LogP contribution in [0.5, 0.6) is 0 Å². The van der Waals surface area contributed by atoms with Crippen molar-refractivity contribution in [1.82, 2.24) is 4.57 Å². The number of carboxylic acids is 1. The first-order valence-corrected chi connectivity index (χ1v) is 7.25. The van der Waals surface area contributed by atoms with Crippen molar-refractivity contribution in [1.29, 1.82) is 0 Å². The van der Waals surface area contributed by atoms with Crippen LogP contribution in [-0.2, 0) is 6.54 Å². The van der Waals surface area contributed by atoms with Crippen LogP contribution < -0.4 is 5.43 Å². The lowest BCUT2D eigenvalue weighted by atomic mass is 10.1. The second-order valence-corrected chi connectivity index (χ2v) is 5.57. The molecule has 0 bridgehead atoms. The topological polar surface area (TPSA) is 59.3 Å². The fourth-order valence-corrected chi connectivity index (χ4v) is 2.73. The molecule has 0 aliphatic carbocycles. The monoisotopic (exact) mass is 349 g/mol. The van der Waals surface area contributed by atoms with Crippen LogP contribution in [0.1, 0.15) is 15.9 Å². The van der Waals surface area contributed by atoms with Crippen LogP contribution in [0.3, 0.4) is 0 Å². The molecule has 0 aliphatic rings. The zero-order valence-corrected chi connectivity index (χ0v) is 12.8. The molecule has 122 valence electrons. The Morgan fingerprint density at radius 1 is 1.21 bits per heavy atom. The molecule has 0 saturated carbocycles. The summed E-state index contributed by atoms with van der Waals surface area (Å²) < 4.78 is 28.8. The predicted molar refractivity (Wildman–Crippen MR) is 85.6 cm³/mol. The van der Waals surface area contributed by atoms with Crippen LogP contribution in [0.2, 0.25) is 5.02 Å². The molecule has 24 heavy (non-hydrogen) atoms. The summed E-state index contributed by atoms with van der Waals surface area (Å²) in [5.41, 5.74) is -0.899. The van der Waals surface area contributed by atoms with Crippen LogP contribution in [-0.4, -0.2) is 15.6 Å². The van der Waals surface area contributed by atoms with Crippen molar-refractivity contribution in [2.45, 2.75) is 6.54 Å². The number of hydrogen-bond acceptors (Lipinski definition) is 2. The molecule has 0 unspecified atom stereocenters. The highest BCUT2D eigenvalue weighted by Crippen LogP contribution is 2.22. The first kappa shape index (κ1) is 16.1. The third-order valence-electron chi connectivity index (χ3n) is 3.66. The Morgan fingerprint density at radius 2 is 1.96 bits per heavy atom. The van der Waals surface area contributed by atoms with E-state index in [1.165, 1.54) is 28.8 Å². The van der Waals surface area contributed by atoms with Gasteiger partial charge in [-0.2, -0.15) is 0 Å². The van der Waals surface area contributed by atoms with E-state index in [0.717, 1.165) is 18.3 Å². The van der Waals surface area contributed by atoms with E-state index in [4.69, 9.17) is 11.6 Å². The highest BCUT2D eigenvalue weighted by atomic mass is 35.5. The number of carbonyl (C=O) groups is 1. The molecule has 0 radical (unpaired) electrons. The van der Waals surface area contributed by atoms with Crippen LogP contribution in [0.4, 0.5) is 8.78 Å². The maximum Gasteiger partial charge on any atom is 0.341 e. The molecule has 2 aromatic carbocycles. The predicted octanol–water partition coefficient (Wildman–Crippen LogP) is 3.68. The average Bonchev–Trinajstić information content (AvgIpc) is 2.53. The summed E-state index contributed by atoms with van der Waals surface area (Å²) in [6.45, 7) is -0.103. The summed E-state index contributed by atoms with van der Waals surface area (Å²) in [6.07, 6.45) is 1.10. The lowest BCUT2D eigenvalue weighted by Crippen LogP contribution is -2.19. The molecular weight excluding hydrogens is 340 g/mol. The number of aromatic nitrogens is 1. The summed E-state index contributed by atoms with van der Waals surface area (Å²) in [6, 6.07) is 7.62. The van der Waals surface area contributed by atoms with E-state index in [0.29, 0.717) is 0 Å². The Hall–Kier alpha value is -2.73. The van der Waals surface area contributed by atoms with E-state index >= 15 is 0 Å². The largest absolute Gasteiger partial charge is 0.477 e. The molecule has 1 heterocycles. The normalized spacial score (nSPS) is 11.0. The molecule has 1 N–H and O–H groups in total. The van der Waals surface area contributed by atoms with E-state index in [1.807, 2.05) is 0 Å². The minimum atomic E-state index is -1.44. The van der Waals surface area contributed by atoms with Crippen LogP contribution in [0, 0.1) is 11.6 Å². The Labute approximate surface area is 139 Å². The number of halogens is 3. The molecule has 3 rings (SSSR count). The summed E-state index contributed by atoms with van der Waals surface area (Å²) in [5, 5.41) is 9.26. The van der Waals surface area contributed by atoms with Gasteiger partial charge in [-0.05, 0) is 30.3 Å². The van der Waals surface area contributed by atoms with E-state index < -0.39 is 28.6 Å². The van der Waals surface area contributed by atoms with Crippen LogP contribution >= 0.6 is 11.6 Å². The van der Waals surface area contributed by atoms with Crippen molar-refractivity contribution < 1.29 is 18.7 Å². The third kappa shape index (κ3) is 2.76. The minimum absolute atomic E-state index is 0.0950. The van der Waals surface area contributed by atoms with Crippen molar-refractivity contribution in [3.05, 3.63) is 80.6 Å². The van der Waals surface area contributed by atoms with Crippen molar-refractivity contribution in [3.8, 4) is 0 Å². The van der Waals surface area contributed by atoms with Crippen molar-refractivity contribution in [2.75, 3.05) is 0 Å². The summed E-state index contributed by atoms with van der Waals surface area (Å²) in [5.74, 6) is -2.68. The first-order chi connectivity index (χ1) is 11.4. The van der Waals surface area contributed by atoms with Gasteiger partial charge in [0.05, 0.1) is 12.1 Å². The molecule has 4 nitrogen and oxygen atoms in total. The van der Waals surface area contributed by atoms with E-state index in [-0.39, 0.29) is 28.0 Å². The zero-order chi connectivity index (χ0) is 17.4. The van der Waals surface area contributed by atoms with Gasteiger partial charge in [0.25, 0.3) is 0 Å². The number of hydrogen-bond donors (Lipinski definition) is 1. The van der Waals surface area contributed by atoms with Gasteiger partial charge in [0.1, 0.15) is 17.2 Å². The van der Waals surface area contributed by atoms with Gasteiger partial charge in [-0.1, -0.05) is 17.7 Å². The SMILES string of the molecule is O=C(O)c1cn(Cc2c(F)cccc2Cl)c2ccc(F)cc2c1=O. The molecule has 0 saturated heterocycles. The van der Waals surface area contributed by atoms with Crippen molar-refractivity contribution >= 4 is 28.5 Å². The molecule has 7 heteroatoms. The quantitative estimate of drug-likeness (QED) is 0.784. The highest BCUT2D eigenvalue weighted by Gasteiger charge is 2.16. The van der Waals surface area contributed by atoms with Gasteiger partial charge < -0.3 is 9.67 Å². The van der Waals surface area contributed by atoms with Gasteiger partial charge in [0.15, 0.2) is 0 Å². The number of fused-ring (bicyclic) bond motifs is 1. The lowest BCUT2D eigenvalue weighted by Gasteiger charge is -2.14. The number of nitrogens with zero attached hydrogens (tertiary/aromatic N) is 1.